The average molecular weight is 376 g/mol. The first-order valence-corrected chi connectivity index (χ1v) is 10.5. The van der Waals surface area contributed by atoms with Crippen LogP contribution < -0.4 is 16.0 Å². The number of hydrogen-bond donors (Lipinski definition) is 4. The second-order valence-electron chi connectivity index (χ2n) is 7.06. The Balaban J connectivity index is 2.13. The van der Waals surface area contributed by atoms with E-state index in [1.165, 1.54) is 0 Å². The molecule has 0 aromatic carbocycles. The van der Waals surface area contributed by atoms with Gasteiger partial charge in [-0.2, -0.15) is 0 Å². The molecule has 0 spiro atoms. The maximum atomic E-state index is 12.0. The zero-order valence-corrected chi connectivity index (χ0v) is 17.2. The van der Waals surface area contributed by atoms with Crippen LogP contribution in [0.15, 0.2) is 0 Å². The lowest BCUT2D eigenvalue weighted by Gasteiger charge is -2.31. The summed E-state index contributed by atoms with van der Waals surface area (Å²) in [6, 6.07) is -0.0511. The van der Waals surface area contributed by atoms with Crippen LogP contribution in [-0.2, 0) is 9.53 Å². The number of aliphatic hydroxyl groups excluding tert-OH is 1. The minimum atomic E-state index is -0.414. The van der Waals surface area contributed by atoms with Crippen molar-refractivity contribution in [3.05, 3.63) is 0 Å². The van der Waals surface area contributed by atoms with Crippen LogP contribution in [0.1, 0.15) is 40.5 Å². The fraction of sp³-hybridized carbons (Fsp3) is 0.944. The Hall–Kier alpha value is -0.340. The number of aliphatic hydroxyl groups is 1. The number of rotatable bonds is 12. The molecule has 6 nitrogen and oxygen atoms in total. The van der Waals surface area contributed by atoms with Gasteiger partial charge in [-0.3, -0.25) is 10.1 Å². The summed E-state index contributed by atoms with van der Waals surface area (Å²) in [7, 11) is 1.67. The molecule has 4 unspecified atom stereocenters. The van der Waals surface area contributed by atoms with Crippen molar-refractivity contribution in [3.63, 3.8) is 0 Å². The predicted molar refractivity (Wildman–Crippen MR) is 105 cm³/mol. The molecular weight excluding hydrogens is 338 g/mol. The van der Waals surface area contributed by atoms with Crippen molar-refractivity contribution in [2.75, 3.05) is 32.5 Å². The van der Waals surface area contributed by atoms with E-state index in [1.54, 1.807) is 18.9 Å². The van der Waals surface area contributed by atoms with Crippen LogP contribution in [-0.4, -0.2) is 67.1 Å². The number of methoxy groups -OCH3 is 1. The SMILES string of the molecule is CCC(O)[C@@H](OC)[C@H](C)C(C)CNCCCNC(=O)C1CSC(C)N1. The maximum absolute atomic E-state index is 12.0. The van der Waals surface area contributed by atoms with Crippen molar-refractivity contribution in [1.29, 1.82) is 0 Å². The van der Waals surface area contributed by atoms with E-state index in [0.29, 0.717) is 24.3 Å². The third-order valence-corrected chi connectivity index (χ3v) is 6.21. The molecule has 6 atom stereocenters. The number of carbonyl (C=O) groups excluding carboxylic acids is 1. The highest BCUT2D eigenvalue weighted by Crippen LogP contribution is 2.21. The summed E-state index contributed by atoms with van der Waals surface area (Å²) in [4.78, 5) is 12.0. The van der Waals surface area contributed by atoms with Gasteiger partial charge in [-0.25, -0.2) is 0 Å². The van der Waals surface area contributed by atoms with Crippen molar-refractivity contribution < 1.29 is 14.6 Å². The molecule has 0 bridgehead atoms. The van der Waals surface area contributed by atoms with Gasteiger partial charge in [0.2, 0.25) is 5.91 Å². The second kappa shape index (κ2) is 12.1. The monoisotopic (exact) mass is 375 g/mol. The quantitative estimate of drug-likeness (QED) is 0.384. The molecular formula is C18H37N3O3S. The minimum Gasteiger partial charge on any atom is -0.390 e. The summed E-state index contributed by atoms with van der Waals surface area (Å²) in [5.74, 6) is 1.64. The highest BCUT2D eigenvalue weighted by molar-refractivity contribution is 8.00. The molecule has 0 aliphatic carbocycles. The Labute approximate surface area is 157 Å². The number of amides is 1. The van der Waals surface area contributed by atoms with E-state index in [2.05, 4.69) is 36.7 Å². The van der Waals surface area contributed by atoms with Crippen LogP contribution in [0.3, 0.4) is 0 Å². The molecule has 1 saturated heterocycles. The molecule has 0 radical (unpaired) electrons. The van der Waals surface area contributed by atoms with Gasteiger partial charge in [0.25, 0.3) is 0 Å². The molecule has 1 fully saturated rings. The van der Waals surface area contributed by atoms with Gasteiger partial charge >= 0.3 is 0 Å². The summed E-state index contributed by atoms with van der Waals surface area (Å²) in [6.07, 6.45) is 1.08. The van der Waals surface area contributed by atoms with Gasteiger partial charge in [-0.1, -0.05) is 20.8 Å². The number of ether oxygens (including phenoxy) is 1. The summed E-state index contributed by atoms with van der Waals surface area (Å²) >= 11 is 1.78. The minimum absolute atomic E-state index is 0.0511. The van der Waals surface area contributed by atoms with E-state index >= 15 is 0 Å². The Bertz CT molecular complexity index is 387. The third-order valence-electron chi connectivity index (χ3n) is 5.05. The summed E-state index contributed by atoms with van der Waals surface area (Å²) in [6.45, 7) is 10.8. The van der Waals surface area contributed by atoms with Gasteiger partial charge in [-0.15, -0.1) is 11.8 Å². The van der Waals surface area contributed by atoms with E-state index in [-0.39, 0.29) is 24.0 Å². The lowest BCUT2D eigenvalue weighted by molar-refractivity contribution is -0.122. The number of hydrogen-bond acceptors (Lipinski definition) is 6. The Morgan fingerprint density at radius 1 is 1.40 bits per heavy atom. The third kappa shape index (κ3) is 7.83. The lowest BCUT2D eigenvalue weighted by Crippen LogP contribution is -2.44. The predicted octanol–water partition coefficient (Wildman–Crippen LogP) is 1.19. The molecule has 0 aromatic heterocycles. The molecule has 25 heavy (non-hydrogen) atoms. The van der Waals surface area contributed by atoms with Crippen LogP contribution in [0.5, 0.6) is 0 Å². The topological polar surface area (TPSA) is 82.6 Å². The standard InChI is InChI=1S/C18H37N3O3S/c1-6-16(22)17(24-5)13(3)12(2)10-19-8-7-9-20-18(23)15-11-25-14(4)21-15/h12-17,19,21-22H,6-11H2,1-5H3,(H,20,23)/t12?,13-,14?,15?,16?,17+/m1/s1. The first-order valence-electron chi connectivity index (χ1n) is 9.47. The smallest absolute Gasteiger partial charge is 0.238 e. The van der Waals surface area contributed by atoms with Crippen molar-refractivity contribution in [1.82, 2.24) is 16.0 Å². The summed E-state index contributed by atoms with van der Waals surface area (Å²) in [5, 5.41) is 20.1. The van der Waals surface area contributed by atoms with Crippen molar-refractivity contribution in [2.45, 2.75) is 64.2 Å². The number of nitrogens with one attached hydrogen (secondary N) is 3. The normalized spacial score (nSPS) is 25.4. The Kier molecular flexibility index (Phi) is 11.0. The molecule has 1 aliphatic heterocycles. The van der Waals surface area contributed by atoms with Gasteiger partial charge in [0, 0.05) is 19.4 Å². The van der Waals surface area contributed by atoms with E-state index < -0.39 is 6.10 Å². The van der Waals surface area contributed by atoms with E-state index in [4.69, 9.17) is 4.74 Å². The van der Waals surface area contributed by atoms with Crippen LogP contribution in [0.4, 0.5) is 0 Å². The van der Waals surface area contributed by atoms with Gasteiger partial charge in [0.15, 0.2) is 0 Å². The van der Waals surface area contributed by atoms with Gasteiger partial charge in [0.05, 0.1) is 23.6 Å². The fourth-order valence-electron chi connectivity index (χ4n) is 3.11. The van der Waals surface area contributed by atoms with Gasteiger partial charge < -0.3 is 20.5 Å². The van der Waals surface area contributed by atoms with Gasteiger partial charge in [0.1, 0.15) is 0 Å². The fourth-order valence-corrected chi connectivity index (χ4v) is 4.10. The average Bonchev–Trinajstić information content (AvgIpc) is 3.04. The molecule has 7 heteroatoms. The van der Waals surface area contributed by atoms with Crippen LogP contribution in [0.25, 0.3) is 0 Å². The molecule has 1 rings (SSSR count). The number of thioether (sulfide) groups is 1. The lowest BCUT2D eigenvalue weighted by atomic mass is 9.87. The molecule has 1 heterocycles. The molecule has 1 aliphatic rings. The molecule has 1 amide bonds. The number of carbonyl (C=O) groups is 1. The van der Waals surface area contributed by atoms with E-state index in [1.807, 2.05) is 6.92 Å². The zero-order chi connectivity index (χ0) is 18.8. The largest absolute Gasteiger partial charge is 0.390 e. The van der Waals surface area contributed by atoms with Crippen LogP contribution >= 0.6 is 11.8 Å². The molecule has 148 valence electrons. The van der Waals surface area contributed by atoms with Crippen LogP contribution in [0.2, 0.25) is 0 Å². The zero-order valence-electron chi connectivity index (χ0n) is 16.4. The summed E-state index contributed by atoms with van der Waals surface area (Å²) in [5.41, 5.74) is 0. The highest BCUT2D eigenvalue weighted by Gasteiger charge is 2.28. The summed E-state index contributed by atoms with van der Waals surface area (Å²) < 4.78 is 5.48. The first kappa shape index (κ1) is 22.7. The Morgan fingerprint density at radius 2 is 2.12 bits per heavy atom. The molecule has 0 saturated carbocycles. The van der Waals surface area contributed by atoms with E-state index in [9.17, 15) is 9.90 Å². The highest BCUT2D eigenvalue weighted by atomic mass is 32.2. The molecule has 4 N–H and O–H groups in total. The Morgan fingerprint density at radius 3 is 2.68 bits per heavy atom. The van der Waals surface area contributed by atoms with Crippen molar-refractivity contribution in [2.24, 2.45) is 11.8 Å². The first-order chi connectivity index (χ1) is 11.9. The van der Waals surface area contributed by atoms with Crippen LogP contribution in [0, 0.1) is 11.8 Å². The van der Waals surface area contributed by atoms with Crippen molar-refractivity contribution in [3.8, 4) is 0 Å². The van der Waals surface area contributed by atoms with Crippen molar-refractivity contribution >= 4 is 17.7 Å². The van der Waals surface area contributed by atoms with Gasteiger partial charge in [-0.05, 0) is 44.7 Å². The van der Waals surface area contributed by atoms with E-state index in [0.717, 1.165) is 25.3 Å². The maximum Gasteiger partial charge on any atom is 0.238 e. The molecule has 0 aromatic rings. The second-order valence-corrected chi connectivity index (χ2v) is 8.43.